The molecule has 1 aliphatic heterocycles. The number of hydrogen-bond donors (Lipinski definition) is 1. The Morgan fingerprint density at radius 1 is 1.24 bits per heavy atom. The normalized spacial score (nSPS) is 18.2. The van der Waals surface area contributed by atoms with Crippen LogP contribution in [0.5, 0.6) is 11.5 Å². The van der Waals surface area contributed by atoms with Crippen molar-refractivity contribution in [3.63, 3.8) is 0 Å². The molecule has 1 aliphatic rings. The predicted octanol–water partition coefficient (Wildman–Crippen LogP) is 3.64. The Hall–Kier alpha value is -1.82. The highest BCUT2D eigenvalue weighted by atomic mass is 35.5. The van der Waals surface area contributed by atoms with Gasteiger partial charge in [0.25, 0.3) is 0 Å². The van der Waals surface area contributed by atoms with E-state index in [-0.39, 0.29) is 11.9 Å². The molecule has 3 rings (SSSR count). The molecule has 1 saturated heterocycles. The van der Waals surface area contributed by atoms with Crippen LogP contribution >= 0.6 is 11.6 Å². The number of nitrogens with zero attached hydrogens (tertiary/aromatic N) is 1. The molecule has 0 bridgehead atoms. The molecular weight excluding hydrogens is 343 g/mol. The Kier molecular flexibility index (Phi) is 5.78. The minimum Gasteiger partial charge on any atom is -0.493 e. The Morgan fingerprint density at radius 3 is 2.80 bits per heavy atom. The summed E-state index contributed by atoms with van der Waals surface area (Å²) in [5.74, 6) is 0.935. The summed E-state index contributed by atoms with van der Waals surface area (Å²) in [6, 6.07) is 10.7. The van der Waals surface area contributed by atoms with Crippen LogP contribution in [0.4, 0.5) is 4.39 Å². The van der Waals surface area contributed by atoms with E-state index in [4.69, 9.17) is 21.1 Å². The van der Waals surface area contributed by atoms with E-state index >= 15 is 0 Å². The number of rotatable bonds is 5. The number of piperazine rings is 1. The van der Waals surface area contributed by atoms with Gasteiger partial charge in [0.1, 0.15) is 5.82 Å². The van der Waals surface area contributed by atoms with Crippen molar-refractivity contribution >= 4 is 11.6 Å². The second-order valence-corrected chi connectivity index (χ2v) is 6.40. The number of hydrogen-bond acceptors (Lipinski definition) is 4. The first kappa shape index (κ1) is 18.0. The van der Waals surface area contributed by atoms with Gasteiger partial charge in [-0.3, -0.25) is 4.90 Å². The fraction of sp³-hybridized carbons (Fsp3) is 0.368. The first-order chi connectivity index (χ1) is 12.1. The maximum atomic E-state index is 13.6. The molecule has 2 aromatic carbocycles. The zero-order chi connectivity index (χ0) is 17.8. The van der Waals surface area contributed by atoms with Crippen LogP contribution in [0.1, 0.15) is 17.2 Å². The molecule has 0 aromatic heterocycles. The summed E-state index contributed by atoms with van der Waals surface area (Å²) in [4.78, 5) is 2.30. The second-order valence-electron chi connectivity index (χ2n) is 6.02. The van der Waals surface area contributed by atoms with Crippen molar-refractivity contribution < 1.29 is 13.9 Å². The van der Waals surface area contributed by atoms with Crippen LogP contribution in [-0.2, 0) is 6.54 Å². The highest BCUT2D eigenvalue weighted by Gasteiger charge is 2.25. The van der Waals surface area contributed by atoms with E-state index < -0.39 is 0 Å². The van der Waals surface area contributed by atoms with E-state index in [2.05, 4.69) is 10.2 Å². The van der Waals surface area contributed by atoms with E-state index in [1.165, 1.54) is 6.07 Å². The van der Waals surface area contributed by atoms with Crippen LogP contribution in [0, 0.1) is 5.82 Å². The van der Waals surface area contributed by atoms with Gasteiger partial charge >= 0.3 is 0 Å². The molecule has 6 heteroatoms. The minimum absolute atomic E-state index is 0.0913. The molecule has 1 atom stereocenters. The van der Waals surface area contributed by atoms with Crippen molar-refractivity contribution in [3.8, 4) is 11.5 Å². The molecule has 25 heavy (non-hydrogen) atoms. The Labute approximate surface area is 152 Å². The number of methoxy groups -OCH3 is 2. The summed E-state index contributed by atoms with van der Waals surface area (Å²) in [6.45, 7) is 3.17. The summed E-state index contributed by atoms with van der Waals surface area (Å²) in [7, 11) is 3.16. The van der Waals surface area contributed by atoms with E-state index in [9.17, 15) is 4.39 Å². The van der Waals surface area contributed by atoms with E-state index in [0.29, 0.717) is 23.1 Å². The first-order valence-electron chi connectivity index (χ1n) is 8.23. The number of nitrogens with one attached hydrogen (secondary N) is 1. The van der Waals surface area contributed by atoms with E-state index in [1.54, 1.807) is 26.4 Å². The molecule has 0 saturated carbocycles. The summed E-state index contributed by atoms with van der Waals surface area (Å²) in [5, 5.41) is 3.94. The van der Waals surface area contributed by atoms with Crippen LogP contribution in [0.2, 0.25) is 5.02 Å². The summed E-state index contributed by atoms with van der Waals surface area (Å²) < 4.78 is 24.3. The SMILES string of the molecule is COc1ccc(CN2CCNCC2c2cccc(F)c2)c(Cl)c1OC. The van der Waals surface area contributed by atoms with Gasteiger partial charge in [-0.05, 0) is 29.3 Å². The maximum Gasteiger partial charge on any atom is 0.179 e. The monoisotopic (exact) mass is 364 g/mol. The first-order valence-corrected chi connectivity index (χ1v) is 8.61. The number of benzene rings is 2. The molecule has 4 nitrogen and oxygen atoms in total. The van der Waals surface area contributed by atoms with E-state index in [1.807, 2.05) is 18.2 Å². The highest BCUT2D eigenvalue weighted by Crippen LogP contribution is 2.38. The largest absolute Gasteiger partial charge is 0.493 e. The topological polar surface area (TPSA) is 33.7 Å². The van der Waals surface area contributed by atoms with Gasteiger partial charge < -0.3 is 14.8 Å². The van der Waals surface area contributed by atoms with Gasteiger partial charge in [0.15, 0.2) is 11.5 Å². The van der Waals surface area contributed by atoms with Gasteiger partial charge in [-0.1, -0.05) is 29.8 Å². The summed E-state index contributed by atoms with van der Waals surface area (Å²) in [6.07, 6.45) is 0. The van der Waals surface area contributed by atoms with Gasteiger partial charge in [0.2, 0.25) is 0 Å². The third-order valence-electron chi connectivity index (χ3n) is 4.53. The van der Waals surface area contributed by atoms with Crippen LogP contribution < -0.4 is 14.8 Å². The molecule has 0 amide bonds. The smallest absolute Gasteiger partial charge is 0.179 e. The lowest BCUT2D eigenvalue weighted by atomic mass is 10.0. The maximum absolute atomic E-state index is 13.6. The van der Waals surface area contributed by atoms with Crippen molar-refractivity contribution in [1.82, 2.24) is 10.2 Å². The van der Waals surface area contributed by atoms with Gasteiger partial charge in [-0.15, -0.1) is 0 Å². The van der Waals surface area contributed by atoms with Crippen molar-refractivity contribution in [2.45, 2.75) is 12.6 Å². The van der Waals surface area contributed by atoms with Gasteiger partial charge in [-0.2, -0.15) is 0 Å². The van der Waals surface area contributed by atoms with Gasteiger partial charge in [-0.25, -0.2) is 4.39 Å². The lowest BCUT2D eigenvalue weighted by Gasteiger charge is -2.36. The Balaban J connectivity index is 1.87. The predicted molar refractivity (Wildman–Crippen MR) is 97.0 cm³/mol. The minimum atomic E-state index is -0.216. The third-order valence-corrected chi connectivity index (χ3v) is 4.94. The second kappa shape index (κ2) is 8.04. The average molecular weight is 365 g/mol. The molecule has 1 heterocycles. The fourth-order valence-electron chi connectivity index (χ4n) is 3.25. The summed E-state index contributed by atoms with van der Waals surface area (Å²) in [5.41, 5.74) is 1.92. The average Bonchev–Trinajstić information content (AvgIpc) is 2.63. The summed E-state index contributed by atoms with van der Waals surface area (Å²) >= 11 is 6.52. The molecule has 1 unspecified atom stereocenters. The van der Waals surface area contributed by atoms with Crippen molar-refractivity contribution in [2.75, 3.05) is 33.9 Å². The van der Waals surface area contributed by atoms with Gasteiger partial charge in [0.05, 0.1) is 19.2 Å². The number of halogens is 2. The van der Waals surface area contributed by atoms with Crippen LogP contribution in [0.3, 0.4) is 0 Å². The Bertz CT molecular complexity index is 741. The van der Waals surface area contributed by atoms with Crippen LogP contribution in [-0.4, -0.2) is 38.8 Å². The molecule has 0 radical (unpaired) electrons. The Morgan fingerprint density at radius 2 is 2.08 bits per heavy atom. The lowest BCUT2D eigenvalue weighted by Crippen LogP contribution is -2.45. The highest BCUT2D eigenvalue weighted by molar-refractivity contribution is 6.33. The third kappa shape index (κ3) is 3.89. The molecular formula is C19H22ClFN2O2. The molecule has 1 fully saturated rings. The van der Waals surface area contributed by atoms with E-state index in [0.717, 1.165) is 30.8 Å². The molecule has 2 aromatic rings. The molecule has 1 N–H and O–H groups in total. The standard InChI is InChI=1S/C19H22ClFN2O2/c1-24-17-7-6-14(18(20)19(17)25-2)12-23-9-8-22-11-16(23)13-4-3-5-15(21)10-13/h3-7,10,16,22H,8-9,11-12H2,1-2H3. The van der Waals surface area contributed by atoms with Crippen LogP contribution in [0.15, 0.2) is 36.4 Å². The zero-order valence-electron chi connectivity index (χ0n) is 14.4. The van der Waals surface area contributed by atoms with Crippen molar-refractivity contribution in [3.05, 3.63) is 58.4 Å². The van der Waals surface area contributed by atoms with Crippen LogP contribution in [0.25, 0.3) is 0 Å². The quantitative estimate of drug-likeness (QED) is 0.878. The zero-order valence-corrected chi connectivity index (χ0v) is 15.1. The lowest BCUT2D eigenvalue weighted by molar-refractivity contribution is 0.153. The van der Waals surface area contributed by atoms with Gasteiger partial charge in [0, 0.05) is 32.2 Å². The van der Waals surface area contributed by atoms with Crippen molar-refractivity contribution in [2.24, 2.45) is 0 Å². The van der Waals surface area contributed by atoms with Crippen molar-refractivity contribution in [1.29, 1.82) is 0 Å². The molecule has 0 spiro atoms. The molecule has 0 aliphatic carbocycles. The number of ether oxygens (including phenoxy) is 2. The fourth-order valence-corrected chi connectivity index (χ4v) is 3.54. The molecule has 134 valence electrons.